The van der Waals surface area contributed by atoms with Gasteiger partial charge in [-0.1, -0.05) is 23.7 Å². The highest BCUT2D eigenvalue weighted by atomic mass is 35.5. The standard InChI is InChI=1S/C14H21ClN2O/c1-10(16)4-3-5-14(18)17-11(2)12-6-8-13(15)9-7-12/h6-11H,3-5,16H2,1-2H3,(H,17,18)/t10?,11-/m1/s1. The molecule has 1 rings (SSSR count). The van der Waals surface area contributed by atoms with Crippen molar-refractivity contribution in [3.05, 3.63) is 34.9 Å². The third-order valence-electron chi connectivity index (χ3n) is 2.81. The van der Waals surface area contributed by atoms with Crippen LogP contribution in [0.1, 0.15) is 44.7 Å². The highest BCUT2D eigenvalue weighted by Gasteiger charge is 2.09. The number of carbonyl (C=O) groups is 1. The van der Waals surface area contributed by atoms with E-state index in [0.29, 0.717) is 11.4 Å². The fourth-order valence-corrected chi connectivity index (χ4v) is 1.86. The predicted molar refractivity (Wildman–Crippen MR) is 75.5 cm³/mol. The highest BCUT2D eigenvalue weighted by molar-refractivity contribution is 6.30. The van der Waals surface area contributed by atoms with Crippen molar-refractivity contribution in [2.75, 3.05) is 0 Å². The minimum absolute atomic E-state index is 0.00469. The Balaban J connectivity index is 2.37. The van der Waals surface area contributed by atoms with Gasteiger partial charge in [0.05, 0.1) is 6.04 Å². The Bertz CT molecular complexity index is 376. The van der Waals surface area contributed by atoms with Gasteiger partial charge in [0.1, 0.15) is 0 Å². The molecular formula is C14H21ClN2O. The third kappa shape index (κ3) is 5.52. The number of nitrogens with one attached hydrogen (secondary N) is 1. The summed E-state index contributed by atoms with van der Waals surface area (Å²) in [7, 11) is 0. The molecule has 18 heavy (non-hydrogen) atoms. The topological polar surface area (TPSA) is 55.1 Å². The number of rotatable bonds is 6. The average Bonchev–Trinajstić information content (AvgIpc) is 2.29. The van der Waals surface area contributed by atoms with Crippen LogP contribution in [0.3, 0.4) is 0 Å². The first-order valence-electron chi connectivity index (χ1n) is 6.29. The van der Waals surface area contributed by atoms with Crippen LogP contribution in [0, 0.1) is 0 Å². The normalized spacial score (nSPS) is 14.0. The predicted octanol–water partition coefficient (Wildman–Crippen LogP) is 3.03. The molecule has 0 aliphatic carbocycles. The molecule has 0 saturated carbocycles. The van der Waals surface area contributed by atoms with Crippen LogP contribution in [0.15, 0.2) is 24.3 Å². The summed E-state index contributed by atoms with van der Waals surface area (Å²) >= 11 is 5.82. The molecule has 4 heteroatoms. The molecule has 0 radical (unpaired) electrons. The second-order valence-corrected chi connectivity index (χ2v) is 5.15. The molecule has 1 aromatic rings. The molecule has 0 aliphatic rings. The second-order valence-electron chi connectivity index (χ2n) is 4.71. The molecule has 1 aromatic carbocycles. The van der Waals surface area contributed by atoms with Crippen LogP contribution in [0.2, 0.25) is 5.02 Å². The van der Waals surface area contributed by atoms with Gasteiger partial charge in [-0.3, -0.25) is 4.79 Å². The molecule has 0 fully saturated rings. The number of nitrogens with two attached hydrogens (primary N) is 1. The van der Waals surface area contributed by atoms with E-state index in [2.05, 4.69) is 5.32 Å². The Hall–Kier alpha value is -1.06. The third-order valence-corrected chi connectivity index (χ3v) is 3.06. The van der Waals surface area contributed by atoms with E-state index in [1.165, 1.54) is 0 Å². The monoisotopic (exact) mass is 268 g/mol. The molecule has 1 unspecified atom stereocenters. The van der Waals surface area contributed by atoms with E-state index in [1.54, 1.807) is 0 Å². The van der Waals surface area contributed by atoms with Crippen molar-refractivity contribution in [1.29, 1.82) is 0 Å². The van der Waals surface area contributed by atoms with Gasteiger partial charge in [-0.15, -0.1) is 0 Å². The number of carbonyl (C=O) groups excluding carboxylic acids is 1. The summed E-state index contributed by atoms with van der Waals surface area (Å²) < 4.78 is 0. The van der Waals surface area contributed by atoms with Crippen LogP contribution >= 0.6 is 11.6 Å². The number of benzene rings is 1. The van der Waals surface area contributed by atoms with Crippen molar-refractivity contribution < 1.29 is 4.79 Å². The Morgan fingerprint density at radius 2 is 1.94 bits per heavy atom. The Morgan fingerprint density at radius 3 is 2.50 bits per heavy atom. The van der Waals surface area contributed by atoms with E-state index in [-0.39, 0.29) is 18.0 Å². The van der Waals surface area contributed by atoms with Crippen molar-refractivity contribution in [2.24, 2.45) is 5.73 Å². The molecule has 1 amide bonds. The quantitative estimate of drug-likeness (QED) is 0.833. The maximum Gasteiger partial charge on any atom is 0.220 e. The summed E-state index contributed by atoms with van der Waals surface area (Å²) in [5.41, 5.74) is 6.70. The Kier molecular flexibility index (Phi) is 6.16. The van der Waals surface area contributed by atoms with Gasteiger partial charge in [-0.25, -0.2) is 0 Å². The van der Waals surface area contributed by atoms with Crippen molar-refractivity contribution >= 4 is 17.5 Å². The molecule has 0 bridgehead atoms. The smallest absolute Gasteiger partial charge is 0.220 e. The maximum absolute atomic E-state index is 11.7. The Morgan fingerprint density at radius 1 is 1.33 bits per heavy atom. The van der Waals surface area contributed by atoms with Gasteiger partial charge in [-0.2, -0.15) is 0 Å². The van der Waals surface area contributed by atoms with Gasteiger partial charge in [-0.05, 0) is 44.4 Å². The fourth-order valence-electron chi connectivity index (χ4n) is 1.73. The number of halogens is 1. The van der Waals surface area contributed by atoms with Crippen molar-refractivity contribution in [3.8, 4) is 0 Å². The summed E-state index contributed by atoms with van der Waals surface area (Å²) in [4.78, 5) is 11.7. The molecule has 0 heterocycles. The van der Waals surface area contributed by atoms with Gasteiger partial charge >= 0.3 is 0 Å². The lowest BCUT2D eigenvalue weighted by Crippen LogP contribution is -2.26. The fraction of sp³-hybridized carbons (Fsp3) is 0.500. The van der Waals surface area contributed by atoms with Crippen molar-refractivity contribution in [2.45, 2.75) is 45.2 Å². The first kappa shape index (κ1) is 15.0. The first-order chi connectivity index (χ1) is 8.49. The lowest BCUT2D eigenvalue weighted by Gasteiger charge is -2.14. The van der Waals surface area contributed by atoms with E-state index in [1.807, 2.05) is 38.1 Å². The van der Waals surface area contributed by atoms with E-state index >= 15 is 0 Å². The zero-order valence-corrected chi connectivity index (χ0v) is 11.7. The summed E-state index contributed by atoms with van der Waals surface area (Å²) in [5.74, 6) is 0.0677. The number of hydrogen-bond donors (Lipinski definition) is 2. The molecule has 3 nitrogen and oxygen atoms in total. The van der Waals surface area contributed by atoms with Gasteiger partial charge in [0, 0.05) is 17.5 Å². The largest absolute Gasteiger partial charge is 0.350 e. The summed E-state index contributed by atoms with van der Waals surface area (Å²) in [6.07, 6.45) is 2.24. The van der Waals surface area contributed by atoms with Crippen LogP contribution in [-0.2, 0) is 4.79 Å². The minimum Gasteiger partial charge on any atom is -0.350 e. The average molecular weight is 269 g/mol. The van der Waals surface area contributed by atoms with Crippen molar-refractivity contribution in [1.82, 2.24) is 5.32 Å². The van der Waals surface area contributed by atoms with Gasteiger partial charge in [0.2, 0.25) is 5.91 Å². The van der Waals surface area contributed by atoms with E-state index in [0.717, 1.165) is 18.4 Å². The van der Waals surface area contributed by atoms with E-state index < -0.39 is 0 Å². The molecule has 0 spiro atoms. The molecule has 0 aromatic heterocycles. The van der Waals surface area contributed by atoms with Crippen LogP contribution in [-0.4, -0.2) is 11.9 Å². The van der Waals surface area contributed by atoms with Crippen LogP contribution in [0.4, 0.5) is 0 Å². The molecule has 100 valence electrons. The summed E-state index contributed by atoms with van der Waals surface area (Å²) in [5, 5.41) is 3.67. The van der Waals surface area contributed by atoms with Crippen molar-refractivity contribution in [3.63, 3.8) is 0 Å². The molecule has 0 saturated heterocycles. The molecule has 3 N–H and O–H groups in total. The summed E-state index contributed by atoms with van der Waals surface area (Å²) in [6.45, 7) is 3.92. The van der Waals surface area contributed by atoms with Gasteiger partial charge < -0.3 is 11.1 Å². The maximum atomic E-state index is 11.7. The zero-order chi connectivity index (χ0) is 13.5. The number of amides is 1. The van der Waals surface area contributed by atoms with Crippen LogP contribution in [0.5, 0.6) is 0 Å². The lowest BCUT2D eigenvalue weighted by molar-refractivity contribution is -0.121. The zero-order valence-electron chi connectivity index (χ0n) is 10.9. The molecule has 2 atom stereocenters. The molecule has 0 aliphatic heterocycles. The van der Waals surface area contributed by atoms with Gasteiger partial charge in [0.25, 0.3) is 0 Å². The van der Waals surface area contributed by atoms with E-state index in [4.69, 9.17) is 17.3 Å². The van der Waals surface area contributed by atoms with Crippen LogP contribution in [0.25, 0.3) is 0 Å². The SMILES string of the molecule is CC(N)CCCC(=O)N[C@H](C)c1ccc(Cl)cc1. The lowest BCUT2D eigenvalue weighted by atomic mass is 10.1. The number of hydrogen-bond acceptors (Lipinski definition) is 2. The Labute approximate surface area is 114 Å². The highest BCUT2D eigenvalue weighted by Crippen LogP contribution is 2.16. The van der Waals surface area contributed by atoms with Gasteiger partial charge in [0.15, 0.2) is 0 Å². The minimum atomic E-state index is 0.00469. The first-order valence-corrected chi connectivity index (χ1v) is 6.67. The summed E-state index contributed by atoms with van der Waals surface area (Å²) in [6, 6.07) is 7.67. The second kappa shape index (κ2) is 7.39. The van der Waals surface area contributed by atoms with E-state index in [9.17, 15) is 4.79 Å². The molecular weight excluding hydrogens is 248 g/mol. The van der Waals surface area contributed by atoms with Crippen LogP contribution < -0.4 is 11.1 Å².